The smallest absolute Gasteiger partial charge is 0.276 e. The lowest BCUT2D eigenvalue weighted by molar-refractivity contribution is -0.123. The van der Waals surface area contributed by atoms with Gasteiger partial charge in [0, 0.05) is 9.50 Å². The predicted molar refractivity (Wildman–Crippen MR) is 96.2 cm³/mol. The second-order valence-corrected chi connectivity index (χ2v) is 6.37. The highest BCUT2D eigenvalue weighted by Crippen LogP contribution is 2.25. The van der Waals surface area contributed by atoms with Crippen molar-refractivity contribution in [2.24, 2.45) is 0 Å². The van der Waals surface area contributed by atoms with Crippen molar-refractivity contribution in [3.8, 4) is 5.75 Å². The minimum atomic E-state index is -0.472. The molecule has 0 bridgehead atoms. The molecule has 0 radical (unpaired) electrons. The lowest BCUT2D eigenvalue weighted by Crippen LogP contribution is -2.43. The first kappa shape index (κ1) is 18.3. The number of aryl methyl sites for hydroxylation is 2. The molecule has 126 valence electrons. The van der Waals surface area contributed by atoms with Crippen LogP contribution in [0.15, 0.2) is 40.9 Å². The first-order valence-electron chi connectivity index (χ1n) is 7.11. The molecular formula is C17H16BrClN2O3. The fourth-order valence-corrected chi connectivity index (χ4v) is 2.59. The van der Waals surface area contributed by atoms with Gasteiger partial charge in [0.2, 0.25) is 0 Å². The van der Waals surface area contributed by atoms with Crippen LogP contribution in [0, 0.1) is 13.8 Å². The zero-order valence-electron chi connectivity index (χ0n) is 13.2. The van der Waals surface area contributed by atoms with Gasteiger partial charge in [-0.25, -0.2) is 0 Å². The zero-order chi connectivity index (χ0) is 17.7. The lowest BCUT2D eigenvalue weighted by Gasteiger charge is -2.11. The van der Waals surface area contributed by atoms with Gasteiger partial charge < -0.3 is 4.74 Å². The summed E-state index contributed by atoms with van der Waals surface area (Å²) >= 11 is 9.36. The molecule has 2 rings (SSSR count). The van der Waals surface area contributed by atoms with E-state index in [-0.39, 0.29) is 6.61 Å². The standard InChI is InChI=1S/C17H16BrClN2O3/c1-10-7-12(8-11(2)16(10)19)24-9-15(22)20-21-17(23)13-5-3-4-6-14(13)18/h3-8H,9H2,1-2H3,(H,20,22)(H,21,23). The molecule has 0 aliphatic rings. The largest absolute Gasteiger partial charge is 0.484 e. The molecule has 0 saturated heterocycles. The van der Waals surface area contributed by atoms with Crippen LogP contribution in [0.25, 0.3) is 0 Å². The average molecular weight is 412 g/mol. The number of nitrogens with one attached hydrogen (secondary N) is 2. The second kappa shape index (κ2) is 8.17. The Bertz CT molecular complexity index is 757. The van der Waals surface area contributed by atoms with Gasteiger partial charge in [-0.3, -0.25) is 20.4 Å². The van der Waals surface area contributed by atoms with Gasteiger partial charge >= 0.3 is 0 Å². The Hall–Kier alpha value is -2.05. The highest BCUT2D eigenvalue weighted by molar-refractivity contribution is 9.10. The maximum Gasteiger partial charge on any atom is 0.276 e. The first-order valence-corrected chi connectivity index (χ1v) is 8.29. The minimum absolute atomic E-state index is 0.225. The van der Waals surface area contributed by atoms with Crippen LogP contribution >= 0.6 is 27.5 Å². The molecule has 5 nitrogen and oxygen atoms in total. The summed E-state index contributed by atoms with van der Waals surface area (Å²) in [5, 5.41) is 0.674. The van der Waals surface area contributed by atoms with Crippen LogP contribution in [0.5, 0.6) is 5.75 Å². The molecule has 0 aromatic heterocycles. The molecule has 2 aromatic rings. The third kappa shape index (κ3) is 4.72. The average Bonchev–Trinajstić information content (AvgIpc) is 2.56. The van der Waals surface area contributed by atoms with E-state index in [4.69, 9.17) is 16.3 Å². The quantitative estimate of drug-likeness (QED) is 0.756. The molecule has 2 aromatic carbocycles. The molecule has 0 unspecified atom stereocenters. The Balaban J connectivity index is 1.86. The summed E-state index contributed by atoms with van der Waals surface area (Å²) in [5.41, 5.74) is 6.81. The second-order valence-electron chi connectivity index (χ2n) is 5.14. The molecule has 0 heterocycles. The van der Waals surface area contributed by atoms with Crippen LogP contribution in [-0.2, 0) is 4.79 Å². The number of amides is 2. The van der Waals surface area contributed by atoms with Gasteiger partial charge in [0.1, 0.15) is 5.75 Å². The predicted octanol–water partition coefficient (Wildman–Crippen LogP) is 3.56. The third-order valence-corrected chi connectivity index (χ3v) is 4.50. The number of hydrogen-bond donors (Lipinski definition) is 2. The SMILES string of the molecule is Cc1cc(OCC(=O)NNC(=O)c2ccccc2Br)cc(C)c1Cl. The summed E-state index contributed by atoms with van der Waals surface area (Å²) in [5.74, 6) is -0.351. The Labute approximate surface area is 153 Å². The summed E-state index contributed by atoms with van der Waals surface area (Å²) in [7, 11) is 0. The maximum absolute atomic E-state index is 12.0. The van der Waals surface area contributed by atoms with Gasteiger partial charge in [0.05, 0.1) is 5.56 Å². The van der Waals surface area contributed by atoms with E-state index >= 15 is 0 Å². The van der Waals surface area contributed by atoms with Crippen molar-refractivity contribution in [2.45, 2.75) is 13.8 Å². The van der Waals surface area contributed by atoms with Crippen LogP contribution in [0.3, 0.4) is 0 Å². The fourth-order valence-electron chi connectivity index (χ4n) is 2.01. The Morgan fingerprint density at radius 1 is 1.12 bits per heavy atom. The third-order valence-electron chi connectivity index (χ3n) is 3.21. The molecule has 0 fully saturated rings. The molecule has 0 spiro atoms. The van der Waals surface area contributed by atoms with Crippen LogP contribution in [-0.4, -0.2) is 18.4 Å². The van der Waals surface area contributed by atoms with E-state index in [2.05, 4.69) is 26.8 Å². The number of carbonyl (C=O) groups excluding carboxylic acids is 2. The molecular weight excluding hydrogens is 396 g/mol. The van der Waals surface area contributed by atoms with Crippen molar-refractivity contribution in [1.29, 1.82) is 0 Å². The van der Waals surface area contributed by atoms with Crippen molar-refractivity contribution in [3.63, 3.8) is 0 Å². The van der Waals surface area contributed by atoms with Crippen LogP contribution in [0.1, 0.15) is 21.5 Å². The van der Waals surface area contributed by atoms with Gasteiger partial charge in [0.15, 0.2) is 6.61 Å². The molecule has 24 heavy (non-hydrogen) atoms. The van der Waals surface area contributed by atoms with Crippen molar-refractivity contribution >= 4 is 39.3 Å². The summed E-state index contributed by atoms with van der Waals surface area (Å²) in [6.45, 7) is 3.50. The lowest BCUT2D eigenvalue weighted by atomic mass is 10.1. The molecule has 0 aliphatic carbocycles. The zero-order valence-corrected chi connectivity index (χ0v) is 15.5. The Morgan fingerprint density at radius 3 is 2.38 bits per heavy atom. The molecule has 0 aliphatic heterocycles. The van der Waals surface area contributed by atoms with E-state index in [0.717, 1.165) is 11.1 Å². The molecule has 2 N–H and O–H groups in total. The van der Waals surface area contributed by atoms with Crippen molar-refractivity contribution in [3.05, 3.63) is 62.6 Å². The number of benzene rings is 2. The number of rotatable bonds is 4. The summed E-state index contributed by atoms with van der Waals surface area (Å²) in [6.07, 6.45) is 0. The van der Waals surface area contributed by atoms with E-state index in [0.29, 0.717) is 20.8 Å². The summed E-state index contributed by atoms with van der Waals surface area (Å²) < 4.78 is 6.05. The Morgan fingerprint density at radius 2 is 1.75 bits per heavy atom. The van der Waals surface area contributed by atoms with Crippen LogP contribution in [0.2, 0.25) is 5.02 Å². The number of hydrazine groups is 1. The van der Waals surface area contributed by atoms with E-state index in [1.807, 2.05) is 13.8 Å². The van der Waals surface area contributed by atoms with Crippen molar-refractivity contribution in [1.82, 2.24) is 10.9 Å². The van der Waals surface area contributed by atoms with Gasteiger partial charge in [0.25, 0.3) is 11.8 Å². The Kier molecular flexibility index (Phi) is 6.23. The number of halogens is 2. The minimum Gasteiger partial charge on any atom is -0.484 e. The van der Waals surface area contributed by atoms with Gasteiger partial charge in [-0.1, -0.05) is 23.7 Å². The highest BCUT2D eigenvalue weighted by atomic mass is 79.9. The fraction of sp³-hybridized carbons (Fsp3) is 0.176. The van der Waals surface area contributed by atoms with Gasteiger partial charge in [-0.15, -0.1) is 0 Å². The van der Waals surface area contributed by atoms with E-state index in [1.165, 1.54) is 0 Å². The summed E-state index contributed by atoms with van der Waals surface area (Å²) in [6, 6.07) is 10.4. The van der Waals surface area contributed by atoms with Gasteiger partial charge in [-0.2, -0.15) is 0 Å². The normalized spacial score (nSPS) is 10.2. The van der Waals surface area contributed by atoms with Crippen LogP contribution in [0.4, 0.5) is 0 Å². The van der Waals surface area contributed by atoms with Crippen LogP contribution < -0.4 is 15.6 Å². The molecule has 7 heteroatoms. The monoisotopic (exact) mass is 410 g/mol. The topological polar surface area (TPSA) is 67.4 Å². The number of hydrogen-bond acceptors (Lipinski definition) is 3. The van der Waals surface area contributed by atoms with Crippen molar-refractivity contribution in [2.75, 3.05) is 6.61 Å². The van der Waals surface area contributed by atoms with Crippen molar-refractivity contribution < 1.29 is 14.3 Å². The van der Waals surface area contributed by atoms with E-state index in [1.54, 1.807) is 36.4 Å². The van der Waals surface area contributed by atoms with Gasteiger partial charge in [-0.05, 0) is 65.2 Å². The first-order chi connectivity index (χ1) is 11.4. The van der Waals surface area contributed by atoms with E-state index < -0.39 is 11.8 Å². The number of ether oxygens (including phenoxy) is 1. The molecule has 0 atom stereocenters. The molecule has 0 saturated carbocycles. The summed E-state index contributed by atoms with van der Waals surface area (Å²) in [4.78, 5) is 23.7. The highest BCUT2D eigenvalue weighted by Gasteiger charge is 2.11. The molecule has 2 amide bonds. The van der Waals surface area contributed by atoms with E-state index in [9.17, 15) is 9.59 Å². The number of carbonyl (C=O) groups is 2. The maximum atomic E-state index is 12.0.